The molecule has 128 valence electrons. The van der Waals surface area contributed by atoms with Gasteiger partial charge in [-0.25, -0.2) is 9.18 Å². The summed E-state index contributed by atoms with van der Waals surface area (Å²) in [5.74, 6) is -6.48. The lowest BCUT2D eigenvalue weighted by Gasteiger charge is -2.20. The van der Waals surface area contributed by atoms with Gasteiger partial charge in [0, 0.05) is 18.5 Å². The average molecular weight is 331 g/mol. The molecule has 4 nitrogen and oxygen atoms in total. The Bertz CT molecular complexity index is 595. The van der Waals surface area contributed by atoms with E-state index in [0.717, 1.165) is 6.07 Å². The number of carbonyl (C=O) groups excluding carboxylic acids is 2. The summed E-state index contributed by atoms with van der Waals surface area (Å²) in [5.41, 5.74) is -1.88. The van der Waals surface area contributed by atoms with Gasteiger partial charge >= 0.3 is 12.0 Å². The molecular formula is C16H20F3NO3. The third kappa shape index (κ3) is 4.97. The van der Waals surface area contributed by atoms with Crippen molar-refractivity contribution in [3.05, 3.63) is 35.1 Å². The highest BCUT2D eigenvalue weighted by Crippen LogP contribution is 2.33. The first kappa shape index (κ1) is 19.0. The number of amides is 1. The van der Waals surface area contributed by atoms with E-state index in [1.165, 1.54) is 19.1 Å². The highest BCUT2D eigenvalue weighted by molar-refractivity contribution is 5.86. The number of ketones is 1. The van der Waals surface area contributed by atoms with Crippen molar-refractivity contribution in [3.8, 4) is 0 Å². The van der Waals surface area contributed by atoms with Crippen molar-refractivity contribution in [1.82, 2.24) is 5.32 Å². The second-order valence-corrected chi connectivity index (χ2v) is 5.99. The van der Waals surface area contributed by atoms with Crippen LogP contribution in [0.25, 0.3) is 0 Å². The Kier molecular flexibility index (Phi) is 5.80. The number of hydrogen-bond acceptors (Lipinski definition) is 3. The molecule has 1 aromatic carbocycles. The smallest absolute Gasteiger partial charge is 0.407 e. The first-order chi connectivity index (χ1) is 10.5. The molecule has 0 bridgehead atoms. The van der Waals surface area contributed by atoms with Gasteiger partial charge in [0.05, 0.1) is 5.56 Å². The third-order valence-corrected chi connectivity index (χ3v) is 2.91. The van der Waals surface area contributed by atoms with Crippen LogP contribution in [0.15, 0.2) is 18.2 Å². The maximum absolute atomic E-state index is 14.2. The molecule has 0 atom stereocenters. The minimum atomic E-state index is -3.90. The molecule has 0 aliphatic heterocycles. The van der Waals surface area contributed by atoms with E-state index in [4.69, 9.17) is 4.74 Å². The van der Waals surface area contributed by atoms with Crippen LogP contribution in [0.5, 0.6) is 0 Å². The molecule has 7 heteroatoms. The van der Waals surface area contributed by atoms with Crippen molar-refractivity contribution in [2.24, 2.45) is 0 Å². The number of carbonyl (C=O) groups is 2. The number of alkyl halides is 2. The van der Waals surface area contributed by atoms with Gasteiger partial charge in [0.25, 0.3) is 0 Å². The van der Waals surface area contributed by atoms with Gasteiger partial charge in [-0.3, -0.25) is 4.79 Å². The topological polar surface area (TPSA) is 55.4 Å². The number of alkyl carbamates (subject to hydrolysis) is 1. The summed E-state index contributed by atoms with van der Waals surface area (Å²) in [6.07, 6.45) is -1.20. The van der Waals surface area contributed by atoms with E-state index in [1.807, 2.05) is 0 Å². The lowest BCUT2D eigenvalue weighted by molar-refractivity contribution is -0.144. The van der Waals surface area contributed by atoms with Gasteiger partial charge < -0.3 is 10.1 Å². The van der Waals surface area contributed by atoms with Crippen LogP contribution >= 0.6 is 0 Å². The molecule has 1 amide bonds. The van der Waals surface area contributed by atoms with Crippen LogP contribution in [0.3, 0.4) is 0 Å². The Morgan fingerprint density at radius 3 is 2.35 bits per heavy atom. The van der Waals surface area contributed by atoms with Crippen LogP contribution in [0.2, 0.25) is 0 Å². The van der Waals surface area contributed by atoms with Gasteiger partial charge in [-0.2, -0.15) is 8.78 Å². The third-order valence-electron chi connectivity index (χ3n) is 2.91. The molecule has 0 saturated heterocycles. The van der Waals surface area contributed by atoms with Crippen LogP contribution in [-0.4, -0.2) is 17.5 Å². The number of benzene rings is 1. The second kappa shape index (κ2) is 7.02. The number of ether oxygens (including phenoxy) is 1. The van der Waals surface area contributed by atoms with E-state index >= 15 is 0 Å². The molecule has 1 N–H and O–H groups in total. The fourth-order valence-electron chi connectivity index (χ4n) is 1.81. The predicted molar refractivity (Wildman–Crippen MR) is 78.7 cm³/mol. The van der Waals surface area contributed by atoms with Crippen molar-refractivity contribution >= 4 is 11.9 Å². The quantitative estimate of drug-likeness (QED) is 0.890. The number of hydrogen-bond donors (Lipinski definition) is 1. The van der Waals surface area contributed by atoms with Crippen molar-refractivity contribution in [2.75, 3.05) is 0 Å². The molecule has 0 radical (unpaired) electrons. The monoisotopic (exact) mass is 331 g/mol. The molecule has 23 heavy (non-hydrogen) atoms. The highest BCUT2D eigenvalue weighted by Gasteiger charge is 2.41. The van der Waals surface area contributed by atoms with Crippen LogP contribution in [0.4, 0.5) is 18.0 Å². The molecule has 1 aromatic rings. The van der Waals surface area contributed by atoms with E-state index in [0.29, 0.717) is 0 Å². The molecule has 0 heterocycles. The van der Waals surface area contributed by atoms with Crippen LogP contribution in [0, 0.1) is 5.82 Å². The molecule has 0 fully saturated rings. The fourth-order valence-corrected chi connectivity index (χ4v) is 1.81. The van der Waals surface area contributed by atoms with Crippen molar-refractivity contribution in [1.29, 1.82) is 0 Å². The predicted octanol–water partition coefficient (Wildman–Crippen LogP) is 3.92. The summed E-state index contributed by atoms with van der Waals surface area (Å²) >= 11 is 0. The number of nitrogens with one attached hydrogen (secondary N) is 1. The van der Waals surface area contributed by atoms with Crippen molar-refractivity contribution in [2.45, 2.75) is 52.2 Å². The largest absolute Gasteiger partial charge is 0.444 e. The molecule has 0 unspecified atom stereocenters. The Morgan fingerprint density at radius 2 is 1.83 bits per heavy atom. The van der Waals surface area contributed by atoms with Gasteiger partial charge in [-0.1, -0.05) is 19.1 Å². The van der Waals surface area contributed by atoms with Gasteiger partial charge in [-0.15, -0.1) is 0 Å². The lowest BCUT2D eigenvalue weighted by atomic mass is 9.99. The van der Waals surface area contributed by atoms with Gasteiger partial charge in [0.2, 0.25) is 5.78 Å². The Balaban J connectivity index is 2.93. The number of rotatable bonds is 5. The van der Waals surface area contributed by atoms with Gasteiger partial charge in [-0.05, 0) is 26.8 Å². The minimum Gasteiger partial charge on any atom is -0.444 e. The van der Waals surface area contributed by atoms with Crippen molar-refractivity contribution < 1.29 is 27.5 Å². The minimum absolute atomic E-state index is 0.156. The fraction of sp³-hybridized carbons (Fsp3) is 0.500. The summed E-state index contributed by atoms with van der Waals surface area (Å²) in [6.45, 7) is 5.92. The van der Waals surface area contributed by atoms with E-state index in [-0.39, 0.29) is 12.1 Å². The number of halogens is 3. The average Bonchev–Trinajstić information content (AvgIpc) is 2.43. The Morgan fingerprint density at radius 1 is 1.22 bits per heavy atom. The standard InChI is InChI=1S/C16H20F3NO3/c1-5-12(21)16(18,19)11-8-6-7-10(13(11)17)9-20-14(22)23-15(2,3)4/h6-8H,5,9H2,1-4H3,(H,20,22). The molecule has 1 rings (SSSR count). The Hall–Kier alpha value is -2.05. The van der Waals surface area contributed by atoms with Crippen LogP contribution in [0.1, 0.15) is 45.2 Å². The maximum Gasteiger partial charge on any atom is 0.407 e. The van der Waals surface area contributed by atoms with Crippen molar-refractivity contribution in [3.63, 3.8) is 0 Å². The zero-order valence-corrected chi connectivity index (χ0v) is 13.5. The number of Topliss-reactive ketones (excluding diaryl/α,β-unsaturated/α-hetero) is 1. The zero-order chi connectivity index (χ0) is 17.8. The summed E-state index contributed by atoms with van der Waals surface area (Å²) in [7, 11) is 0. The van der Waals surface area contributed by atoms with Crippen LogP contribution in [-0.2, 0) is 22.0 Å². The van der Waals surface area contributed by atoms with E-state index in [2.05, 4.69) is 5.32 Å². The van der Waals surface area contributed by atoms with Crippen LogP contribution < -0.4 is 5.32 Å². The summed E-state index contributed by atoms with van der Waals surface area (Å²) < 4.78 is 47.0. The molecule has 0 aliphatic carbocycles. The van der Waals surface area contributed by atoms with Gasteiger partial charge in [0.1, 0.15) is 11.4 Å². The highest BCUT2D eigenvalue weighted by atomic mass is 19.3. The SMILES string of the molecule is CCC(=O)C(F)(F)c1cccc(CNC(=O)OC(C)(C)C)c1F. The first-order valence-corrected chi connectivity index (χ1v) is 7.15. The lowest BCUT2D eigenvalue weighted by Crippen LogP contribution is -2.32. The Labute approximate surface area is 133 Å². The van der Waals surface area contributed by atoms with E-state index in [9.17, 15) is 22.8 Å². The summed E-state index contributed by atoms with van der Waals surface area (Å²) in [4.78, 5) is 22.8. The molecular weight excluding hydrogens is 311 g/mol. The zero-order valence-electron chi connectivity index (χ0n) is 13.5. The first-order valence-electron chi connectivity index (χ1n) is 7.15. The molecule has 0 aromatic heterocycles. The summed E-state index contributed by atoms with van der Waals surface area (Å²) in [5, 5.41) is 2.29. The maximum atomic E-state index is 14.2. The van der Waals surface area contributed by atoms with E-state index in [1.54, 1.807) is 20.8 Å². The summed E-state index contributed by atoms with van der Waals surface area (Å²) in [6, 6.07) is 3.32. The normalized spacial score (nSPS) is 12.0. The second-order valence-electron chi connectivity index (χ2n) is 5.99. The van der Waals surface area contributed by atoms with E-state index < -0.39 is 41.2 Å². The molecule has 0 aliphatic rings. The molecule has 0 saturated carbocycles. The van der Waals surface area contributed by atoms with Gasteiger partial charge in [0.15, 0.2) is 0 Å². The molecule has 0 spiro atoms.